The van der Waals surface area contributed by atoms with E-state index in [0.717, 1.165) is 33.5 Å². The van der Waals surface area contributed by atoms with E-state index >= 15 is 0 Å². The molecule has 0 atom stereocenters. The number of aromatic nitrogens is 1. The largest absolute Gasteiger partial charge is 0.506 e. The average molecular weight is 344 g/mol. The van der Waals surface area contributed by atoms with E-state index in [0.29, 0.717) is 18.2 Å². The number of nitrogens with zero attached hydrogens (tertiary/aromatic N) is 1. The van der Waals surface area contributed by atoms with Gasteiger partial charge in [-0.15, -0.1) is 0 Å². The first-order valence-corrected chi connectivity index (χ1v) is 7.99. The molecular weight excluding hydrogens is 326 g/mol. The van der Waals surface area contributed by atoms with E-state index in [2.05, 4.69) is 0 Å². The summed E-state index contributed by atoms with van der Waals surface area (Å²) in [6.07, 6.45) is 0. The molecule has 1 N–H and O–H groups in total. The number of halogens is 1. The van der Waals surface area contributed by atoms with Crippen molar-refractivity contribution in [2.45, 2.75) is 6.92 Å². The maximum absolute atomic E-state index is 9.60. The zero-order chi connectivity index (χ0) is 17.1. The first-order valence-electron chi connectivity index (χ1n) is 7.61. The predicted molar refractivity (Wildman–Crippen MR) is 96.0 cm³/mol. The molecule has 0 saturated heterocycles. The van der Waals surface area contributed by atoms with Gasteiger partial charge in [-0.05, 0) is 42.8 Å². The van der Waals surface area contributed by atoms with Crippen LogP contribution < -0.4 is 4.74 Å². The summed E-state index contributed by atoms with van der Waals surface area (Å²) in [6, 6.07) is 13.0. The number of fused-ring (bicyclic) bond motifs is 1. The van der Waals surface area contributed by atoms with E-state index < -0.39 is 0 Å². The van der Waals surface area contributed by atoms with Crippen LogP contribution in [0, 0.1) is 6.92 Å². The van der Waals surface area contributed by atoms with Gasteiger partial charge in [0.15, 0.2) is 0 Å². The Hall–Kier alpha value is -2.30. The number of aryl methyl sites for hydroxylation is 1. The lowest BCUT2D eigenvalue weighted by Gasteiger charge is -2.12. The van der Waals surface area contributed by atoms with E-state index in [1.807, 2.05) is 31.2 Å². The molecule has 0 aliphatic carbocycles. The third-order valence-corrected chi connectivity index (χ3v) is 4.10. The van der Waals surface area contributed by atoms with E-state index in [4.69, 9.17) is 26.1 Å². The van der Waals surface area contributed by atoms with E-state index in [-0.39, 0.29) is 5.75 Å². The highest BCUT2D eigenvalue weighted by atomic mass is 35.5. The van der Waals surface area contributed by atoms with Gasteiger partial charge in [-0.1, -0.05) is 23.7 Å². The Morgan fingerprint density at radius 2 is 1.96 bits per heavy atom. The summed E-state index contributed by atoms with van der Waals surface area (Å²) in [5.41, 5.74) is 3.52. The minimum Gasteiger partial charge on any atom is -0.506 e. The number of para-hydroxylation sites is 1. The molecule has 0 bridgehead atoms. The summed E-state index contributed by atoms with van der Waals surface area (Å²) in [5, 5.41) is 10.9. The van der Waals surface area contributed by atoms with Crippen LogP contribution in [0.25, 0.3) is 22.2 Å². The fraction of sp³-hybridized carbons (Fsp3) is 0.211. The van der Waals surface area contributed by atoms with Crippen LogP contribution in [0.5, 0.6) is 11.5 Å². The first kappa shape index (κ1) is 16.6. The fourth-order valence-corrected chi connectivity index (χ4v) is 2.74. The molecule has 4 nitrogen and oxygen atoms in total. The van der Waals surface area contributed by atoms with Gasteiger partial charge < -0.3 is 14.6 Å². The maximum atomic E-state index is 9.60. The highest BCUT2D eigenvalue weighted by Crippen LogP contribution is 2.33. The van der Waals surface area contributed by atoms with Gasteiger partial charge in [-0.3, -0.25) is 0 Å². The molecule has 1 heterocycles. The van der Waals surface area contributed by atoms with Crippen molar-refractivity contribution in [2.24, 2.45) is 0 Å². The smallest absolute Gasteiger partial charge is 0.145 e. The minimum absolute atomic E-state index is 0.0570. The predicted octanol–water partition coefficient (Wildman–Crippen LogP) is 4.59. The summed E-state index contributed by atoms with van der Waals surface area (Å²) in [5.74, 6) is 0.779. The maximum Gasteiger partial charge on any atom is 0.145 e. The van der Waals surface area contributed by atoms with E-state index in [1.54, 1.807) is 25.3 Å². The SMILES string of the molecule is COCCOc1cccc2c(C)cc(-c3ccc(O)c(Cl)c3)nc12. The lowest BCUT2D eigenvalue weighted by atomic mass is 10.0. The number of phenols is 1. The third kappa shape index (κ3) is 3.30. The van der Waals surface area contributed by atoms with Crippen LogP contribution in [-0.4, -0.2) is 30.4 Å². The molecule has 0 fully saturated rings. The Morgan fingerprint density at radius 1 is 1.12 bits per heavy atom. The van der Waals surface area contributed by atoms with Crippen LogP contribution in [0.3, 0.4) is 0 Å². The zero-order valence-electron chi connectivity index (χ0n) is 13.5. The van der Waals surface area contributed by atoms with Gasteiger partial charge >= 0.3 is 0 Å². The fourth-order valence-electron chi connectivity index (χ4n) is 2.56. The molecule has 0 saturated carbocycles. The molecule has 0 aliphatic heterocycles. The Labute approximate surface area is 145 Å². The summed E-state index contributed by atoms with van der Waals surface area (Å²) in [4.78, 5) is 4.75. The van der Waals surface area contributed by atoms with Crippen LogP contribution in [0.1, 0.15) is 5.56 Å². The second-order valence-electron chi connectivity index (χ2n) is 5.48. The number of methoxy groups -OCH3 is 1. The number of hydrogen-bond donors (Lipinski definition) is 1. The Bertz CT molecular complexity index is 880. The van der Waals surface area contributed by atoms with Gasteiger partial charge in [0.2, 0.25) is 0 Å². The van der Waals surface area contributed by atoms with Gasteiger partial charge in [0.05, 0.1) is 17.3 Å². The number of ether oxygens (including phenoxy) is 2. The summed E-state index contributed by atoms with van der Waals surface area (Å²) in [7, 11) is 1.64. The van der Waals surface area contributed by atoms with E-state index in [9.17, 15) is 5.11 Å². The topological polar surface area (TPSA) is 51.6 Å². The van der Waals surface area contributed by atoms with Gasteiger partial charge in [0, 0.05) is 18.1 Å². The van der Waals surface area contributed by atoms with Gasteiger partial charge in [0.25, 0.3) is 0 Å². The average Bonchev–Trinajstić information content (AvgIpc) is 2.58. The summed E-state index contributed by atoms with van der Waals surface area (Å²) >= 11 is 6.02. The lowest BCUT2D eigenvalue weighted by Crippen LogP contribution is -2.05. The quantitative estimate of drug-likeness (QED) is 0.688. The molecule has 24 heavy (non-hydrogen) atoms. The number of aromatic hydroxyl groups is 1. The number of hydrogen-bond acceptors (Lipinski definition) is 4. The molecule has 3 rings (SSSR count). The van der Waals surface area contributed by atoms with Crippen LogP contribution >= 0.6 is 11.6 Å². The Morgan fingerprint density at radius 3 is 2.71 bits per heavy atom. The standard InChI is InChI=1S/C19H18ClNO3/c1-12-10-16(13-6-7-17(22)15(20)11-13)21-19-14(12)4-3-5-18(19)24-9-8-23-2/h3-7,10-11,22H,8-9H2,1-2H3. The van der Waals surface area contributed by atoms with Crippen molar-refractivity contribution in [3.8, 4) is 22.8 Å². The van der Waals surface area contributed by atoms with Gasteiger partial charge in [-0.25, -0.2) is 4.98 Å². The lowest BCUT2D eigenvalue weighted by molar-refractivity contribution is 0.147. The van der Waals surface area contributed by atoms with Gasteiger partial charge in [0.1, 0.15) is 23.6 Å². The molecule has 124 valence electrons. The van der Waals surface area contributed by atoms with Crippen molar-refractivity contribution < 1.29 is 14.6 Å². The molecule has 0 aliphatic rings. The molecular formula is C19H18ClNO3. The molecule has 5 heteroatoms. The Kier molecular flexibility index (Phi) is 4.88. The number of benzene rings is 2. The Balaban J connectivity index is 2.09. The van der Waals surface area contributed by atoms with Crippen LogP contribution in [0.15, 0.2) is 42.5 Å². The molecule has 2 aromatic carbocycles. The van der Waals surface area contributed by atoms with Crippen molar-refractivity contribution in [2.75, 3.05) is 20.3 Å². The molecule has 1 aromatic heterocycles. The van der Waals surface area contributed by atoms with Crippen molar-refractivity contribution in [3.05, 3.63) is 53.1 Å². The van der Waals surface area contributed by atoms with Crippen molar-refractivity contribution in [1.29, 1.82) is 0 Å². The molecule has 3 aromatic rings. The zero-order valence-corrected chi connectivity index (χ0v) is 14.3. The third-order valence-electron chi connectivity index (χ3n) is 3.80. The second kappa shape index (κ2) is 7.07. The van der Waals surface area contributed by atoms with Crippen molar-refractivity contribution in [3.63, 3.8) is 0 Å². The molecule has 0 spiro atoms. The highest BCUT2D eigenvalue weighted by molar-refractivity contribution is 6.32. The number of pyridine rings is 1. The van der Waals surface area contributed by atoms with E-state index in [1.165, 1.54) is 0 Å². The number of rotatable bonds is 5. The highest BCUT2D eigenvalue weighted by Gasteiger charge is 2.11. The number of phenolic OH excluding ortho intramolecular Hbond substituents is 1. The van der Waals surface area contributed by atoms with Crippen LogP contribution in [-0.2, 0) is 4.74 Å². The normalized spacial score (nSPS) is 11.0. The summed E-state index contributed by atoms with van der Waals surface area (Å²) in [6.45, 7) is 3.02. The van der Waals surface area contributed by atoms with Crippen molar-refractivity contribution >= 4 is 22.5 Å². The van der Waals surface area contributed by atoms with Crippen LogP contribution in [0.2, 0.25) is 5.02 Å². The first-order chi connectivity index (χ1) is 11.6. The minimum atomic E-state index is 0.0570. The molecule has 0 amide bonds. The van der Waals surface area contributed by atoms with Crippen LogP contribution in [0.4, 0.5) is 0 Å². The molecule has 0 radical (unpaired) electrons. The van der Waals surface area contributed by atoms with Crippen molar-refractivity contribution in [1.82, 2.24) is 4.98 Å². The van der Waals surface area contributed by atoms with Gasteiger partial charge in [-0.2, -0.15) is 0 Å². The summed E-state index contributed by atoms with van der Waals surface area (Å²) < 4.78 is 10.8. The molecule has 0 unspecified atom stereocenters. The monoisotopic (exact) mass is 343 g/mol. The second-order valence-corrected chi connectivity index (χ2v) is 5.89.